The molecule has 0 bridgehead atoms. The van der Waals surface area contributed by atoms with E-state index < -0.39 is 0 Å². The second kappa shape index (κ2) is 6.66. The van der Waals surface area contributed by atoms with Crippen LogP contribution >= 0.6 is 0 Å². The van der Waals surface area contributed by atoms with Gasteiger partial charge in [0.2, 0.25) is 0 Å². The van der Waals surface area contributed by atoms with Crippen LogP contribution in [0.1, 0.15) is 26.2 Å². The number of carbonyl (C=O) groups excluding carboxylic acids is 1. The van der Waals surface area contributed by atoms with E-state index in [1.54, 1.807) is 0 Å². The summed E-state index contributed by atoms with van der Waals surface area (Å²) in [6.45, 7) is 7.97. The van der Waals surface area contributed by atoms with Crippen molar-refractivity contribution in [1.29, 1.82) is 0 Å². The maximum Gasteiger partial charge on any atom is 0.330 e. The van der Waals surface area contributed by atoms with Gasteiger partial charge in [-0.1, -0.05) is 13.5 Å². The molecule has 92 valence electrons. The molecule has 1 saturated heterocycles. The Hall–Kier alpha value is -0.870. The number of unbranched alkanes of at least 4 members (excludes halogenated alkanes) is 1. The molecule has 0 saturated carbocycles. The largest absolute Gasteiger partial charge is 0.463 e. The highest BCUT2D eigenvalue weighted by Crippen LogP contribution is 2.25. The third-order valence-corrected chi connectivity index (χ3v) is 2.73. The van der Waals surface area contributed by atoms with Gasteiger partial charge in [0.25, 0.3) is 0 Å². The number of rotatable bonds is 8. The van der Waals surface area contributed by atoms with Crippen molar-refractivity contribution in [2.45, 2.75) is 31.8 Å². The van der Waals surface area contributed by atoms with E-state index in [-0.39, 0.29) is 11.6 Å². The molecule has 0 amide bonds. The number of ether oxygens (including phenoxy) is 3. The van der Waals surface area contributed by atoms with Crippen molar-refractivity contribution in [1.82, 2.24) is 0 Å². The maximum atomic E-state index is 10.7. The zero-order valence-electron chi connectivity index (χ0n) is 9.87. The van der Waals surface area contributed by atoms with E-state index in [2.05, 4.69) is 13.5 Å². The van der Waals surface area contributed by atoms with Gasteiger partial charge in [-0.15, -0.1) is 0 Å². The Morgan fingerprint density at radius 3 is 2.62 bits per heavy atom. The molecular weight excluding hydrogens is 208 g/mol. The van der Waals surface area contributed by atoms with Crippen LogP contribution in [0.3, 0.4) is 0 Å². The zero-order valence-corrected chi connectivity index (χ0v) is 9.87. The summed E-state index contributed by atoms with van der Waals surface area (Å²) < 4.78 is 15.8. The molecule has 0 aromatic heterocycles. The monoisotopic (exact) mass is 228 g/mol. The summed E-state index contributed by atoms with van der Waals surface area (Å²) in [6.07, 6.45) is 3.87. The second-order valence-electron chi connectivity index (χ2n) is 3.96. The van der Waals surface area contributed by atoms with Crippen LogP contribution in [-0.2, 0) is 19.0 Å². The third kappa shape index (κ3) is 3.94. The topological polar surface area (TPSA) is 44.8 Å². The van der Waals surface area contributed by atoms with E-state index in [4.69, 9.17) is 14.2 Å². The first-order valence-corrected chi connectivity index (χ1v) is 5.73. The summed E-state index contributed by atoms with van der Waals surface area (Å²) in [4.78, 5) is 10.7. The smallest absolute Gasteiger partial charge is 0.330 e. The van der Waals surface area contributed by atoms with Crippen molar-refractivity contribution >= 4 is 5.97 Å². The first-order chi connectivity index (χ1) is 7.72. The van der Waals surface area contributed by atoms with Gasteiger partial charge in [-0.3, -0.25) is 0 Å². The zero-order chi connectivity index (χ0) is 11.9. The normalized spacial score (nSPS) is 17.6. The van der Waals surface area contributed by atoms with Crippen LogP contribution in [0.5, 0.6) is 0 Å². The van der Waals surface area contributed by atoms with E-state index in [1.807, 2.05) is 0 Å². The van der Waals surface area contributed by atoms with Gasteiger partial charge < -0.3 is 14.2 Å². The van der Waals surface area contributed by atoms with E-state index >= 15 is 0 Å². The van der Waals surface area contributed by atoms with Gasteiger partial charge in [-0.25, -0.2) is 4.79 Å². The average Bonchev–Trinajstić information content (AvgIpc) is 2.25. The van der Waals surface area contributed by atoms with Crippen LogP contribution in [0.2, 0.25) is 0 Å². The van der Waals surface area contributed by atoms with Gasteiger partial charge in [0.15, 0.2) is 0 Å². The molecule has 0 aliphatic carbocycles. The lowest BCUT2D eigenvalue weighted by atomic mass is 9.99. The van der Waals surface area contributed by atoms with Gasteiger partial charge >= 0.3 is 5.97 Å². The van der Waals surface area contributed by atoms with E-state index in [9.17, 15) is 4.79 Å². The molecule has 1 aliphatic heterocycles. The van der Waals surface area contributed by atoms with Crippen LogP contribution < -0.4 is 0 Å². The fraction of sp³-hybridized carbons (Fsp3) is 0.750. The lowest BCUT2D eigenvalue weighted by Gasteiger charge is -2.40. The van der Waals surface area contributed by atoms with Crippen molar-refractivity contribution in [2.75, 3.05) is 26.4 Å². The van der Waals surface area contributed by atoms with E-state index in [0.29, 0.717) is 26.4 Å². The minimum absolute atomic E-state index is 0.0439. The summed E-state index contributed by atoms with van der Waals surface area (Å²) in [5.74, 6) is -0.363. The Morgan fingerprint density at radius 1 is 1.44 bits per heavy atom. The molecule has 16 heavy (non-hydrogen) atoms. The lowest BCUT2D eigenvalue weighted by Crippen LogP contribution is -2.51. The standard InChI is InChI=1S/C12H20O4/c1-3-11(13)15-7-5-6-8-16-12(4-2)9-14-10-12/h3H,1,4-10H2,2H3. The Balaban J connectivity index is 1.95. The summed E-state index contributed by atoms with van der Waals surface area (Å²) in [6, 6.07) is 0. The van der Waals surface area contributed by atoms with Crippen molar-refractivity contribution in [3.63, 3.8) is 0 Å². The fourth-order valence-corrected chi connectivity index (χ4v) is 1.44. The van der Waals surface area contributed by atoms with Crippen LogP contribution in [-0.4, -0.2) is 38.0 Å². The molecule has 0 atom stereocenters. The predicted molar refractivity (Wildman–Crippen MR) is 60.2 cm³/mol. The Bertz CT molecular complexity index is 228. The van der Waals surface area contributed by atoms with Crippen LogP contribution in [0.4, 0.5) is 0 Å². The number of hydrogen-bond donors (Lipinski definition) is 0. The third-order valence-electron chi connectivity index (χ3n) is 2.73. The molecule has 0 N–H and O–H groups in total. The van der Waals surface area contributed by atoms with E-state index in [0.717, 1.165) is 19.3 Å². The van der Waals surface area contributed by atoms with E-state index in [1.165, 1.54) is 6.08 Å². The number of hydrogen-bond acceptors (Lipinski definition) is 4. The molecule has 0 aromatic carbocycles. The molecule has 1 fully saturated rings. The molecule has 0 spiro atoms. The molecule has 0 aromatic rings. The molecule has 0 radical (unpaired) electrons. The molecule has 1 heterocycles. The molecule has 1 aliphatic rings. The molecule has 4 heteroatoms. The van der Waals surface area contributed by atoms with Gasteiger partial charge in [0.05, 0.1) is 19.8 Å². The predicted octanol–water partition coefficient (Wildman–Crippen LogP) is 1.69. The highest BCUT2D eigenvalue weighted by atomic mass is 16.6. The van der Waals surface area contributed by atoms with Crippen molar-refractivity contribution < 1.29 is 19.0 Å². The Morgan fingerprint density at radius 2 is 2.12 bits per heavy atom. The summed E-state index contributed by atoms with van der Waals surface area (Å²) in [5, 5.41) is 0. The molecular formula is C12H20O4. The molecule has 1 rings (SSSR count). The molecule has 4 nitrogen and oxygen atoms in total. The summed E-state index contributed by atoms with van der Waals surface area (Å²) in [5.41, 5.74) is -0.0439. The van der Waals surface area contributed by atoms with Crippen molar-refractivity contribution in [2.24, 2.45) is 0 Å². The fourth-order valence-electron chi connectivity index (χ4n) is 1.44. The molecule has 0 unspecified atom stereocenters. The number of esters is 1. The Labute approximate surface area is 96.6 Å². The van der Waals surface area contributed by atoms with Crippen molar-refractivity contribution in [3.05, 3.63) is 12.7 Å². The summed E-state index contributed by atoms with van der Waals surface area (Å²) >= 11 is 0. The maximum absolute atomic E-state index is 10.7. The minimum atomic E-state index is -0.363. The Kier molecular flexibility index (Phi) is 5.49. The lowest BCUT2D eigenvalue weighted by molar-refractivity contribution is -0.211. The van der Waals surface area contributed by atoms with Gasteiger partial charge in [0.1, 0.15) is 5.60 Å². The average molecular weight is 228 g/mol. The van der Waals surface area contributed by atoms with Crippen LogP contribution in [0.25, 0.3) is 0 Å². The SMILES string of the molecule is C=CC(=O)OCCCCOC1(CC)COC1. The highest BCUT2D eigenvalue weighted by molar-refractivity contribution is 5.81. The summed E-state index contributed by atoms with van der Waals surface area (Å²) in [7, 11) is 0. The van der Waals surface area contributed by atoms with Gasteiger partial charge in [-0.05, 0) is 19.3 Å². The van der Waals surface area contributed by atoms with Gasteiger partial charge in [-0.2, -0.15) is 0 Å². The highest BCUT2D eigenvalue weighted by Gasteiger charge is 2.37. The number of carbonyl (C=O) groups is 1. The first kappa shape index (κ1) is 13.2. The quantitative estimate of drug-likeness (QED) is 0.360. The van der Waals surface area contributed by atoms with Crippen LogP contribution in [0, 0.1) is 0 Å². The van der Waals surface area contributed by atoms with Gasteiger partial charge in [0, 0.05) is 12.7 Å². The van der Waals surface area contributed by atoms with Crippen LogP contribution in [0.15, 0.2) is 12.7 Å². The van der Waals surface area contributed by atoms with Crippen molar-refractivity contribution in [3.8, 4) is 0 Å². The minimum Gasteiger partial charge on any atom is -0.463 e. The second-order valence-corrected chi connectivity index (χ2v) is 3.96. The first-order valence-electron chi connectivity index (χ1n) is 5.73.